The molecule has 2 unspecified atom stereocenters. The van der Waals surface area contributed by atoms with E-state index in [4.69, 9.17) is 0 Å². The Balaban J connectivity index is 2.50. The Morgan fingerprint density at radius 2 is 2.31 bits per heavy atom. The zero-order chi connectivity index (χ0) is 10.1. The Hall–Kier alpha value is -0.610. The molecule has 1 aliphatic heterocycles. The number of likely N-dealkylation sites (tertiary alicyclic amines) is 1. The molecule has 1 heterocycles. The first kappa shape index (κ1) is 10.5. The minimum atomic E-state index is -0.834. The molecule has 1 fully saturated rings. The number of hydrogen-bond donors (Lipinski definition) is 2. The number of nitrogens with zero attached hydrogens (tertiary/aromatic N) is 1. The molecule has 1 aliphatic rings. The van der Waals surface area contributed by atoms with E-state index in [1.54, 1.807) is 6.92 Å². The van der Waals surface area contributed by atoms with Crippen LogP contribution in [0.25, 0.3) is 0 Å². The van der Waals surface area contributed by atoms with Crippen LogP contribution in [0.4, 0.5) is 0 Å². The number of amides is 1. The maximum Gasteiger partial charge on any atom is 0.225 e. The van der Waals surface area contributed by atoms with Crippen LogP contribution < -0.4 is 0 Å². The van der Waals surface area contributed by atoms with Crippen LogP contribution in [0.5, 0.6) is 0 Å². The molecule has 76 valence electrons. The van der Waals surface area contributed by atoms with E-state index >= 15 is 0 Å². The highest BCUT2D eigenvalue weighted by Crippen LogP contribution is 2.17. The SMILES string of the molecule is CCC(C)(O)CN1CC(O)CC1=O. The van der Waals surface area contributed by atoms with Crippen LogP contribution >= 0.6 is 0 Å². The molecule has 0 aromatic heterocycles. The lowest BCUT2D eigenvalue weighted by atomic mass is 10.0. The molecule has 0 aromatic rings. The molecule has 0 radical (unpaired) electrons. The number of β-amino-alcohol motifs (C(OH)–C–C–N with tert-alkyl or cyclic N) is 2. The van der Waals surface area contributed by atoms with Crippen molar-refractivity contribution in [3.8, 4) is 0 Å². The van der Waals surface area contributed by atoms with Crippen LogP contribution in [-0.2, 0) is 4.79 Å². The van der Waals surface area contributed by atoms with Crippen molar-refractivity contribution >= 4 is 5.91 Å². The molecule has 0 spiro atoms. The van der Waals surface area contributed by atoms with Crippen molar-refractivity contribution in [3.05, 3.63) is 0 Å². The van der Waals surface area contributed by atoms with Crippen LogP contribution in [-0.4, -0.2) is 45.8 Å². The fourth-order valence-corrected chi connectivity index (χ4v) is 1.43. The topological polar surface area (TPSA) is 60.8 Å². The van der Waals surface area contributed by atoms with Gasteiger partial charge in [-0.1, -0.05) is 6.92 Å². The van der Waals surface area contributed by atoms with E-state index in [1.807, 2.05) is 6.92 Å². The van der Waals surface area contributed by atoms with Gasteiger partial charge in [0.25, 0.3) is 0 Å². The van der Waals surface area contributed by atoms with Gasteiger partial charge < -0.3 is 15.1 Å². The van der Waals surface area contributed by atoms with Gasteiger partial charge in [-0.2, -0.15) is 0 Å². The summed E-state index contributed by atoms with van der Waals surface area (Å²) in [7, 11) is 0. The number of aliphatic hydroxyl groups excluding tert-OH is 1. The third kappa shape index (κ3) is 2.67. The average molecular weight is 187 g/mol. The zero-order valence-electron chi connectivity index (χ0n) is 8.16. The molecular formula is C9H17NO3. The van der Waals surface area contributed by atoms with Gasteiger partial charge in [0.15, 0.2) is 0 Å². The van der Waals surface area contributed by atoms with E-state index in [9.17, 15) is 15.0 Å². The zero-order valence-corrected chi connectivity index (χ0v) is 8.16. The summed E-state index contributed by atoms with van der Waals surface area (Å²) in [4.78, 5) is 12.8. The minimum absolute atomic E-state index is 0.0683. The highest BCUT2D eigenvalue weighted by atomic mass is 16.3. The molecule has 4 nitrogen and oxygen atoms in total. The lowest BCUT2D eigenvalue weighted by Crippen LogP contribution is -2.41. The van der Waals surface area contributed by atoms with Crippen LogP contribution in [0.2, 0.25) is 0 Å². The van der Waals surface area contributed by atoms with Crippen molar-refractivity contribution in [2.75, 3.05) is 13.1 Å². The minimum Gasteiger partial charge on any atom is -0.391 e. The molecule has 1 saturated heterocycles. The van der Waals surface area contributed by atoms with E-state index in [0.29, 0.717) is 19.5 Å². The second-order valence-corrected chi connectivity index (χ2v) is 3.98. The molecule has 4 heteroatoms. The van der Waals surface area contributed by atoms with E-state index in [0.717, 1.165) is 0 Å². The molecule has 0 bridgehead atoms. The maximum absolute atomic E-state index is 11.2. The standard InChI is InChI=1S/C9H17NO3/c1-3-9(2,13)6-10-5-7(11)4-8(10)12/h7,11,13H,3-6H2,1-2H3. The van der Waals surface area contributed by atoms with Crippen LogP contribution in [0.1, 0.15) is 26.7 Å². The highest BCUT2D eigenvalue weighted by molar-refractivity contribution is 5.79. The normalized spacial score (nSPS) is 27.8. The summed E-state index contributed by atoms with van der Waals surface area (Å²) in [6.07, 6.45) is 0.243. The van der Waals surface area contributed by atoms with E-state index < -0.39 is 11.7 Å². The first-order valence-corrected chi connectivity index (χ1v) is 4.63. The Kier molecular flexibility index (Phi) is 2.93. The van der Waals surface area contributed by atoms with Gasteiger partial charge in [0, 0.05) is 13.1 Å². The number of carbonyl (C=O) groups excluding carboxylic acids is 1. The predicted octanol–water partition coefficient (Wildman–Crippen LogP) is -0.259. The van der Waals surface area contributed by atoms with Gasteiger partial charge in [-0.25, -0.2) is 0 Å². The molecule has 1 amide bonds. The van der Waals surface area contributed by atoms with Crippen LogP contribution in [0.3, 0.4) is 0 Å². The molecule has 2 N–H and O–H groups in total. The average Bonchev–Trinajstić information content (AvgIpc) is 2.30. The summed E-state index contributed by atoms with van der Waals surface area (Å²) >= 11 is 0. The Morgan fingerprint density at radius 1 is 1.69 bits per heavy atom. The number of hydrogen-bond acceptors (Lipinski definition) is 3. The maximum atomic E-state index is 11.2. The lowest BCUT2D eigenvalue weighted by Gasteiger charge is -2.27. The molecule has 0 saturated carbocycles. The monoisotopic (exact) mass is 187 g/mol. The smallest absolute Gasteiger partial charge is 0.225 e. The van der Waals surface area contributed by atoms with Crippen LogP contribution in [0, 0.1) is 0 Å². The van der Waals surface area contributed by atoms with Gasteiger partial charge in [0.2, 0.25) is 5.91 Å². The van der Waals surface area contributed by atoms with Crippen LogP contribution in [0.15, 0.2) is 0 Å². The number of rotatable bonds is 3. The second kappa shape index (κ2) is 3.64. The molecular weight excluding hydrogens is 170 g/mol. The Labute approximate surface area is 78.2 Å². The quantitative estimate of drug-likeness (QED) is 0.640. The highest BCUT2D eigenvalue weighted by Gasteiger charge is 2.32. The van der Waals surface area contributed by atoms with E-state index in [2.05, 4.69) is 0 Å². The predicted molar refractivity (Wildman–Crippen MR) is 48.1 cm³/mol. The fourth-order valence-electron chi connectivity index (χ4n) is 1.43. The van der Waals surface area contributed by atoms with Crippen molar-refractivity contribution in [1.29, 1.82) is 0 Å². The van der Waals surface area contributed by atoms with Crippen molar-refractivity contribution in [2.24, 2.45) is 0 Å². The Bertz CT molecular complexity index is 203. The second-order valence-electron chi connectivity index (χ2n) is 3.98. The molecule has 1 rings (SSSR count). The lowest BCUT2D eigenvalue weighted by molar-refractivity contribution is -0.130. The summed E-state index contributed by atoms with van der Waals surface area (Å²) in [5.74, 6) is -0.0683. The number of carbonyl (C=O) groups is 1. The van der Waals surface area contributed by atoms with Gasteiger partial charge in [-0.3, -0.25) is 4.79 Å². The van der Waals surface area contributed by atoms with Gasteiger partial charge in [0.1, 0.15) is 0 Å². The van der Waals surface area contributed by atoms with Gasteiger partial charge in [-0.15, -0.1) is 0 Å². The first-order valence-electron chi connectivity index (χ1n) is 4.63. The molecule has 2 atom stereocenters. The van der Waals surface area contributed by atoms with Gasteiger partial charge in [-0.05, 0) is 13.3 Å². The summed E-state index contributed by atoms with van der Waals surface area (Å²) in [5, 5.41) is 18.9. The summed E-state index contributed by atoms with van der Waals surface area (Å²) in [6.45, 7) is 4.25. The van der Waals surface area contributed by atoms with Gasteiger partial charge >= 0.3 is 0 Å². The summed E-state index contributed by atoms with van der Waals surface area (Å²) in [5.41, 5.74) is -0.834. The first-order chi connectivity index (χ1) is 5.94. The fraction of sp³-hybridized carbons (Fsp3) is 0.889. The number of aliphatic hydroxyl groups is 2. The van der Waals surface area contributed by atoms with Crippen molar-refractivity contribution < 1.29 is 15.0 Å². The Morgan fingerprint density at radius 3 is 2.69 bits per heavy atom. The largest absolute Gasteiger partial charge is 0.391 e. The van der Waals surface area contributed by atoms with E-state index in [-0.39, 0.29) is 12.3 Å². The van der Waals surface area contributed by atoms with Crippen molar-refractivity contribution in [1.82, 2.24) is 4.90 Å². The molecule has 0 aliphatic carbocycles. The summed E-state index contributed by atoms with van der Waals surface area (Å²) < 4.78 is 0. The van der Waals surface area contributed by atoms with E-state index in [1.165, 1.54) is 4.90 Å². The summed E-state index contributed by atoms with van der Waals surface area (Å²) in [6, 6.07) is 0. The third-order valence-electron chi connectivity index (χ3n) is 2.49. The third-order valence-corrected chi connectivity index (χ3v) is 2.49. The van der Waals surface area contributed by atoms with Crippen molar-refractivity contribution in [3.63, 3.8) is 0 Å². The molecule has 13 heavy (non-hydrogen) atoms. The van der Waals surface area contributed by atoms with Gasteiger partial charge in [0.05, 0.1) is 18.1 Å². The molecule has 0 aromatic carbocycles. The van der Waals surface area contributed by atoms with Crippen molar-refractivity contribution in [2.45, 2.75) is 38.4 Å².